The molecule has 1 aromatic carbocycles. The van der Waals surface area contributed by atoms with Gasteiger partial charge in [-0.05, 0) is 38.1 Å². The SMILES string of the molecule is CCN(C(=O)c1ccc(F)cc1-c1nnc(C)o1)[C@@H](C)COc1ccc(C(F)(F)F)cn1. The van der Waals surface area contributed by atoms with Crippen molar-refractivity contribution in [3.8, 4) is 17.3 Å². The fourth-order valence-corrected chi connectivity index (χ4v) is 3.02. The van der Waals surface area contributed by atoms with E-state index >= 15 is 0 Å². The molecule has 0 aliphatic heterocycles. The molecule has 170 valence electrons. The average molecular weight is 452 g/mol. The monoisotopic (exact) mass is 452 g/mol. The van der Waals surface area contributed by atoms with E-state index in [2.05, 4.69) is 15.2 Å². The van der Waals surface area contributed by atoms with Gasteiger partial charge in [-0.2, -0.15) is 13.2 Å². The Balaban J connectivity index is 1.76. The van der Waals surface area contributed by atoms with Crippen molar-refractivity contribution >= 4 is 5.91 Å². The molecule has 0 N–H and O–H groups in total. The highest BCUT2D eigenvalue weighted by atomic mass is 19.4. The van der Waals surface area contributed by atoms with Crippen LogP contribution in [-0.2, 0) is 6.18 Å². The lowest BCUT2D eigenvalue weighted by Gasteiger charge is -2.28. The normalized spacial score (nSPS) is 12.5. The molecular formula is C21H20F4N4O3. The summed E-state index contributed by atoms with van der Waals surface area (Å²) in [5.74, 6) is -0.715. The lowest BCUT2D eigenvalue weighted by atomic mass is 10.0. The van der Waals surface area contributed by atoms with Crippen LogP contribution in [0.15, 0.2) is 40.9 Å². The molecule has 3 rings (SSSR count). The van der Waals surface area contributed by atoms with E-state index in [9.17, 15) is 22.4 Å². The number of ether oxygens (including phenoxy) is 1. The van der Waals surface area contributed by atoms with Crippen molar-refractivity contribution in [2.24, 2.45) is 0 Å². The Bertz CT molecular complexity index is 1080. The van der Waals surface area contributed by atoms with E-state index in [1.807, 2.05) is 0 Å². The van der Waals surface area contributed by atoms with Gasteiger partial charge in [-0.3, -0.25) is 4.79 Å². The summed E-state index contributed by atoms with van der Waals surface area (Å²) in [6.45, 7) is 5.32. The molecule has 0 fully saturated rings. The summed E-state index contributed by atoms with van der Waals surface area (Å²) in [6, 6.07) is 5.14. The molecule has 0 radical (unpaired) electrons. The van der Waals surface area contributed by atoms with Gasteiger partial charge in [0.1, 0.15) is 12.4 Å². The summed E-state index contributed by atoms with van der Waals surface area (Å²) in [6.07, 6.45) is -3.81. The number of amides is 1. The van der Waals surface area contributed by atoms with E-state index in [0.717, 1.165) is 24.3 Å². The first-order chi connectivity index (χ1) is 15.1. The molecule has 2 heterocycles. The van der Waals surface area contributed by atoms with Gasteiger partial charge < -0.3 is 14.1 Å². The largest absolute Gasteiger partial charge is 0.475 e. The lowest BCUT2D eigenvalue weighted by Crippen LogP contribution is -2.42. The summed E-state index contributed by atoms with van der Waals surface area (Å²) in [5.41, 5.74) is -0.564. The number of aromatic nitrogens is 3. The van der Waals surface area contributed by atoms with Crippen molar-refractivity contribution in [2.45, 2.75) is 33.0 Å². The van der Waals surface area contributed by atoms with Crippen LogP contribution < -0.4 is 4.74 Å². The molecule has 0 spiro atoms. The van der Waals surface area contributed by atoms with Gasteiger partial charge in [0.05, 0.1) is 22.7 Å². The van der Waals surface area contributed by atoms with Gasteiger partial charge in [0, 0.05) is 25.7 Å². The number of carbonyl (C=O) groups excluding carboxylic acids is 1. The lowest BCUT2D eigenvalue weighted by molar-refractivity contribution is -0.137. The van der Waals surface area contributed by atoms with Gasteiger partial charge in [0.25, 0.3) is 5.91 Å². The molecular weight excluding hydrogens is 432 g/mol. The van der Waals surface area contributed by atoms with E-state index in [1.54, 1.807) is 20.8 Å². The molecule has 1 amide bonds. The number of rotatable bonds is 7. The number of hydrogen-bond acceptors (Lipinski definition) is 6. The van der Waals surface area contributed by atoms with Crippen LogP contribution in [0.5, 0.6) is 5.88 Å². The Labute approximate surface area is 181 Å². The second kappa shape index (κ2) is 9.33. The van der Waals surface area contributed by atoms with Crippen LogP contribution in [0.4, 0.5) is 17.6 Å². The molecule has 32 heavy (non-hydrogen) atoms. The number of benzene rings is 1. The Morgan fingerprint density at radius 2 is 1.97 bits per heavy atom. The highest BCUT2D eigenvalue weighted by molar-refractivity contribution is 6.00. The molecule has 2 aromatic heterocycles. The van der Waals surface area contributed by atoms with Gasteiger partial charge in [-0.25, -0.2) is 9.37 Å². The van der Waals surface area contributed by atoms with E-state index in [0.29, 0.717) is 12.7 Å². The fraction of sp³-hybridized carbons (Fsp3) is 0.333. The van der Waals surface area contributed by atoms with Gasteiger partial charge in [0.15, 0.2) is 0 Å². The van der Waals surface area contributed by atoms with Crippen molar-refractivity contribution in [1.29, 1.82) is 0 Å². The molecule has 0 bridgehead atoms. The number of hydrogen-bond donors (Lipinski definition) is 0. The summed E-state index contributed by atoms with van der Waals surface area (Å²) in [4.78, 5) is 18.3. The van der Waals surface area contributed by atoms with Gasteiger partial charge in [-0.15, -0.1) is 10.2 Å². The van der Waals surface area contributed by atoms with Crippen molar-refractivity contribution in [1.82, 2.24) is 20.1 Å². The molecule has 0 aliphatic carbocycles. The van der Waals surface area contributed by atoms with Crippen LogP contribution in [0.25, 0.3) is 11.5 Å². The van der Waals surface area contributed by atoms with Crippen LogP contribution in [0.3, 0.4) is 0 Å². The van der Waals surface area contributed by atoms with Gasteiger partial charge in [-0.1, -0.05) is 0 Å². The fourth-order valence-electron chi connectivity index (χ4n) is 3.02. The Morgan fingerprint density at radius 1 is 1.22 bits per heavy atom. The maximum absolute atomic E-state index is 13.8. The third-order valence-corrected chi connectivity index (χ3v) is 4.64. The number of nitrogens with zero attached hydrogens (tertiary/aromatic N) is 4. The number of alkyl halides is 3. The molecule has 0 saturated carbocycles. The highest BCUT2D eigenvalue weighted by Crippen LogP contribution is 2.29. The number of pyridine rings is 1. The van der Waals surface area contributed by atoms with Crippen molar-refractivity contribution in [2.75, 3.05) is 13.2 Å². The maximum atomic E-state index is 13.8. The summed E-state index contributed by atoms with van der Waals surface area (Å²) in [5, 5.41) is 7.58. The molecule has 11 heteroatoms. The second-order valence-corrected chi connectivity index (χ2v) is 6.95. The van der Waals surface area contributed by atoms with Crippen molar-refractivity contribution < 1.29 is 31.5 Å². The number of likely N-dealkylation sites (N-methyl/N-ethyl adjacent to an activating group) is 1. The van der Waals surface area contributed by atoms with Crippen molar-refractivity contribution in [3.63, 3.8) is 0 Å². The van der Waals surface area contributed by atoms with E-state index in [1.165, 1.54) is 11.0 Å². The zero-order chi connectivity index (χ0) is 23.5. The minimum Gasteiger partial charge on any atom is -0.475 e. The predicted molar refractivity (Wildman–Crippen MR) is 105 cm³/mol. The van der Waals surface area contributed by atoms with E-state index in [-0.39, 0.29) is 35.4 Å². The Hall–Kier alpha value is -3.50. The zero-order valence-electron chi connectivity index (χ0n) is 17.5. The predicted octanol–water partition coefficient (Wildman–Crippen LogP) is 4.53. The van der Waals surface area contributed by atoms with Crippen LogP contribution in [0.2, 0.25) is 0 Å². The molecule has 1 atom stereocenters. The number of halogens is 4. The first kappa shape index (κ1) is 23.2. The minimum absolute atomic E-state index is 0.00263. The van der Waals surface area contributed by atoms with Crippen LogP contribution in [-0.4, -0.2) is 45.2 Å². The summed E-state index contributed by atoms with van der Waals surface area (Å²) >= 11 is 0. The first-order valence-corrected chi connectivity index (χ1v) is 9.67. The van der Waals surface area contributed by atoms with Gasteiger partial charge in [0.2, 0.25) is 17.7 Å². The second-order valence-electron chi connectivity index (χ2n) is 6.95. The number of carbonyl (C=O) groups is 1. The summed E-state index contributed by atoms with van der Waals surface area (Å²) < 4.78 is 62.6. The molecule has 7 nitrogen and oxygen atoms in total. The third kappa shape index (κ3) is 5.21. The minimum atomic E-state index is -4.49. The topological polar surface area (TPSA) is 81.4 Å². The Morgan fingerprint density at radius 3 is 2.53 bits per heavy atom. The standard InChI is InChI=1S/C21H20F4N4O3/c1-4-29(12(2)11-31-18-8-5-14(10-26-18)21(23,24)25)20(30)16-7-6-15(22)9-17(16)19-28-27-13(3)32-19/h5-10,12H,4,11H2,1-3H3/t12-/m0/s1. The average Bonchev–Trinajstić information content (AvgIpc) is 3.18. The maximum Gasteiger partial charge on any atom is 0.417 e. The third-order valence-electron chi connectivity index (χ3n) is 4.64. The molecule has 0 saturated heterocycles. The zero-order valence-corrected chi connectivity index (χ0v) is 17.5. The van der Waals surface area contributed by atoms with Crippen LogP contribution in [0, 0.1) is 12.7 Å². The van der Waals surface area contributed by atoms with E-state index < -0.39 is 29.5 Å². The highest BCUT2D eigenvalue weighted by Gasteiger charge is 2.31. The van der Waals surface area contributed by atoms with E-state index in [4.69, 9.17) is 9.15 Å². The molecule has 0 aliphatic rings. The van der Waals surface area contributed by atoms with Gasteiger partial charge >= 0.3 is 6.18 Å². The summed E-state index contributed by atoms with van der Waals surface area (Å²) in [7, 11) is 0. The number of aryl methyl sites for hydroxylation is 1. The first-order valence-electron chi connectivity index (χ1n) is 9.67. The molecule has 3 aromatic rings. The smallest absolute Gasteiger partial charge is 0.417 e. The van der Waals surface area contributed by atoms with Crippen LogP contribution >= 0.6 is 0 Å². The van der Waals surface area contributed by atoms with Crippen molar-refractivity contribution in [3.05, 3.63) is 59.4 Å². The quantitative estimate of drug-likeness (QED) is 0.490. The van der Waals surface area contributed by atoms with Crippen LogP contribution in [0.1, 0.15) is 35.7 Å². The Kier molecular flexibility index (Phi) is 6.75. The molecule has 0 unspecified atom stereocenters.